The van der Waals surface area contributed by atoms with Gasteiger partial charge in [-0.2, -0.15) is 8.42 Å². The van der Waals surface area contributed by atoms with Crippen molar-refractivity contribution < 1.29 is 18.3 Å². The topological polar surface area (TPSA) is 123 Å². The third-order valence-corrected chi connectivity index (χ3v) is 1.30. The Hall–Kier alpha value is -1.44. The smallest absolute Gasteiger partial charge is 0.335 e. The number of carboxylic acids is 1. The van der Waals surface area contributed by atoms with Crippen molar-refractivity contribution >= 4 is 16.2 Å². The van der Waals surface area contributed by atoms with E-state index >= 15 is 0 Å². The molecule has 1 aromatic carbocycles. The lowest BCUT2D eigenvalue weighted by molar-refractivity contribution is 0.0697. The monoisotopic (exact) mass is 232 g/mol. The van der Waals surface area contributed by atoms with E-state index < -0.39 is 16.2 Å². The van der Waals surface area contributed by atoms with Crippen molar-refractivity contribution in [3.63, 3.8) is 0 Å². The molecule has 6 nitrogen and oxygen atoms in total. The van der Waals surface area contributed by atoms with Crippen molar-refractivity contribution in [1.82, 2.24) is 0 Å². The Morgan fingerprint density at radius 2 is 1.53 bits per heavy atom. The third kappa shape index (κ3) is 8.88. The maximum absolute atomic E-state index is 10.3. The van der Waals surface area contributed by atoms with Crippen LogP contribution in [-0.4, -0.2) is 19.5 Å². The van der Waals surface area contributed by atoms with Crippen LogP contribution in [0.15, 0.2) is 24.3 Å². The van der Waals surface area contributed by atoms with E-state index in [0.29, 0.717) is 5.56 Å². The van der Waals surface area contributed by atoms with Crippen molar-refractivity contribution in [3.8, 4) is 0 Å². The fourth-order valence-corrected chi connectivity index (χ4v) is 0.696. The predicted octanol–water partition coefficient (Wildman–Crippen LogP) is -0.158. The Morgan fingerprint density at radius 1 is 1.20 bits per heavy atom. The maximum Gasteiger partial charge on any atom is 0.335 e. The molecule has 7 heteroatoms. The number of aromatic carboxylic acids is 1. The number of benzene rings is 1. The van der Waals surface area contributed by atoms with Gasteiger partial charge in [0.15, 0.2) is 0 Å². The Kier molecular flexibility index (Phi) is 4.92. The van der Waals surface area contributed by atoms with Crippen molar-refractivity contribution in [1.29, 1.82) is 0 Å². The number of rotatable bonds is 1. The van der Waals surface area contributed by atoms with Gasteiger partial charge in [0, 0.05) is 0 Å². The summed E-state index contributed by atoms with van der Waals surface area (Å²) in [4.78, 5) is 10.3. The van der Waals surface area contributed by atoms with Gasteiger partial charge in [-0.1, -0.05) is 17.7 Å². The Bertz CT molecular complexity index is 416. The quantitative estimate of drug-likeness (QED) is 0.622. The Morgan fingerprint density at radius 3 is 1.80 bits per heavy atom. The first-order valence-electron chi connectivity index (χ1n) is 3.80. The summed E-state index contributed by atoms with van der Waals surface area (Å²) >= 11 is 0. The summed E-state index contributed by atoms with van der Waals surface area (Å²) in [5.74, 6) is -0.875. The number of hydrogen-bond donors (Lipinski definition) is 3. The van der Waals surface area contributed by atoms with E-state index in [2.05, 4.69) is 10.3 Å². The lowest BCUT2D eigenvalue weighted by Crippen LogP contribution is -2.21. The molecule has 84 valence electrons. The molecule has 0 aliphatic rings. The molecule has 0 aliphatic heterocycles. The van der Waals surface area contributed by atoms with Crippen LogP contribution in [0.25, 0.3) is 0 Å². The highest BCUT2D eigenvalue weighted by Gasteiger charge is 1.98. The highest BCUT2D eigenvalue weighted by molar-refractivity contribution is 7.86. The predicted molar refractivity (Wildman–Crippen MR) is 55.4 cm³/mol. The van der Waals surface area contributed by atoms with Gasteiger partial charge in [-0.3, -0.25) is 0 Å². The van der Waals surface area contributed by atoms with Gasteiger partial charge < -0.3 is 5.11 Å². The van der Waals surface area contributed by atoms with E-state index in [1.54, 1.807) is 24.3 Å². The molecular formula is C8H12N2O4S. The highest BCUT2D eigenvalue weighted by atomic mass is 32.2. The highest BCUT2D eigenvalue weighted by Crippen LogP contribution is 2.01. The second kappa shape index (κ2) is 5.44. The lowest BCUT2D eigenvalue weighted by Gasteiger charge is -1.92. The number of aryl methyl sites for hydroxylation is 1. The zero-order valence-corrected chi connectivity index (χ0v) is 8.86. The molecule has 1 rings (SSSR count). The molecule has 0 saturated heterocycles. The number of carbonyl (C=O) groups is 1. The summed E-state index contributed by atoms with van der Waals surface area (Å²) in [6, 6.07) is 6.75. The van der Waals surface area contributed by atoms with Crippen LogP contribution >= 0.6 is 0 Å². The van der Waals surface area contributed by atoms with E-state index in [1.165, 1.54) is 0 Å². The van der Waals surface area contributed by atoms with Gasteiger partial charge in [0.1, 0.15) is 0 Å². The largest absolute Gasteiger partial charge is 0.478 e. The van der Waals surface area contributed by atoms with Gasteiger partial charge in [0.2, 0.25) is 0 Å². The van der Waals surface area contributed by atoms with E-state index in [1.807, 2.05) is 6.92 Å². The summed E-state index contributed by atoms with van der Waals surface area (Å²) < 4.78 is 18.4. The average Bonchev–Trinajstić information content (AvgIpc) is 2.01. The van der Waals surface area contributed by atoms with Crippen LogP contribution < -0.4 is 10.3 Å². The molecule has 0 unspecified atom stereocenters. The van der Waals surface area contributed by atoms with E-state index in [4.69, 9.17) is 5.11 Å². The lowest BCUT2D eigenvalue weighted by atomic mass is 10.2. The van der Waals surface area contributed by atoms with Crippen molar-refractivity contribution in [2.75, 3.05) is 0 Å². The van der Waals surface area contributed by atoms with Crippen LogP contribution in [0.5, 0.6) is 0 Å². The molecule has 0 aromatic heterocycles. The van der Waals surface area contributed by atoms with Crippen LogP contribution in [-0.2, 0) is 10.2 Å². The number of nitrogens with two attached hydrogens (primary N) is 2. The van der Waals surface area contributed by atoms with Crippen LogP contribution in [0.3, 0.4) is 0 Å². The van der Waals surface area contributed by atoms with Crippen molar-refractivity contribution in [3.05, 3.63) is 35.4 Å². The molecule has 0 heterocycles. The summed E-state index contributed by atoms with van der Waals surface area (Å²) in [6.07, 6.45) is 0. The SMILES string of the molecule is Cc1ccc(C(=O)O)cc1.NS(N)(=O)=O. The molecule has 1 aromatic rings. The Labute approximate surface area is 87.7 Å². The first kappa shape index (κ1) is 13.6. The number of carboxylic acid groups (broad SMARTS) is 1. The molecule has 0 amide bonds. The second-order valence-corrected chi connectivity index (χ2v) is 3.94. The van der Waals surface area contributed by atoms with Gasteiger partial charge in [0.25, 0.3) is 10.2 Å². The average molecular weight is 232 g/mol. The summed E-state index contributed by atoms with van der Waals surface area (Å²) in [5.41, 5.74) is 1.41. The third-order valence-electron chi connectivity index (χ3n) is 1.30. The van der Waals surface area contributed by atoms with Gasteiger partial charge in [-0.25, -0.2) is 15.1 Å². The normalized spacial score (nSPS) is 10.1. The zero-order valence-electron chi connectivity index (χ0n) is 8.04. The summed E-state index contributed by atoms with van der Waals surface area (Å²) in [7, 11) is -3.67. The fourth-order valence-electron chi connectivity index (χ4n) is 0.696. The molecule has 0 bridgehead atoms. The minimum Gasteiger partial charge on any atom is -0.478 e. The molecule has 0 spiro atoms. The van der Waals surface area contributed by atoms with Crippen molar-refractivity contribution in [2.24, 2.45) is 10.3 Å². The minimum atomic E-state index is -3.67. The first-order chi connectivity index (χ1) is 6.70. The van der Waals surface area contributed by atoms with Crippen LogP contribution in [0.2, 0.25) is 0 Å². The molecule has 15 heavy (non-hydrogen) atoms. The molecule has 0 radical (unpaired) electrons. The van der Waals surface area contributed by atoms with Crippen LogP contribution in [0, 0.1) is 6.92 Å². The van der Waals surface area contributed by atoms with E-state index in [-0.39, 0.29) is 0 Å². The van der Waals surface area contributed by atoms with Gasteiger partial charge in [0.05, 0.1) is 5.56 Å². The van der Waals surface area contributed by atoms with Crippen molar-refractivity contribution in [2.45, 2.75) is 6.92 Å². The van der Waals surface area contributed by atoms with Crippen LogP contribution in [0.4, 0.5) is 0 Å². The molecule has 5 N–H and O–H groups in total. The maximum atomic E-state index is 10.3. The second-order valence-electron chi connectivity index (χ2n) is 2.76. The fraction of sp³-hybridized carbons (Fsp3) is 0.125. The number of hydrogen-bond acceptors (Lipinski definition) is 3. The standard InChI is InChI=1S/C8H8O2.H4N2O2S/c1-6-2-4-7(5-3-6)8(9)10;1-5(2,3)4/h2-5H,1H3,(H,9,10);(H4,1,2,3,4). The minimum absolute atomic E-state index is 0.339. The zero-order chi connectivity index (χ0) is 12.1. The molecule has 0 saturated carbocycles. The summed E-state index contributed by atoms with van der Waals surface area (Å²) in [6.45, 7) is 1.92. The summed E-state index contributed by atoms with van der Waals surface area (Å²) in [5, 5.41) is 16.7. The Balaban J connectivity index is 0.000000336. The molecule has 0 fully saturated rings. The van der Waals surface area contributed by atoms with E-state index in [0.717, 1.165) is 5.56 Å². The van der Waals surface area contributed by atoms with E-state index in [9.17, 15) is 13.2 Å². The first-order valence-corrected chi connectivity index (χ1v) is 5.41. The van der Waals surface area contributed by atoms with Gasteiger partial charge >= 0.3 is 5.97 Å². The molecule has 0 atom stereocenters. The van der Waals surface area contributed by atoms with Gasteiger partial charge in [-0.05, 0) is 19.1 Å². The molecule has 0 aliphatic carbocycles. The van der Waals surface area contributed by atoms with Gasteiger partial charge in [-0.15, -0.1) is 0 Å². The van der Waals surface area contributed by atoms with Crippen LogP contribution in [0.1, 0.15) is 15.9 Å². The molecular weight excluding hydrogens is 220 g/mol.